The van der Waals surface area contributed by atoms with Crippen LogP contribution in [0.5, 0.6) is 0 Å². The van der Waals surface area contributed by atoms with Crippen molar-refractivity contribution in [2.75, 3.05) is 18.8 Å². The lowest BCUT2D eigenvalue weighted by Gasteiger charge is -2.30. The van der Waals surface area contributed by atoms with Crippen LogP contribution in [-0.2, 0) is 16.6 Å². The molecule has 0 atom stereocenters. The minimum Gasteiger partial charge on any atom is -0.361 e. The van der Waals surface area contributed by atoms with E-state index in [1.807, 2.05) is 12.1 Å². The number of H-pyrrole nitrogens is 1. The smallest absolute Gasteiger partial charge is 0.213 e. The number of nitrogens with zero attached hydrogens (tertiary/aromatic N) is 1. The van der Waals surface area contributed by atoms with Gasteiger partial charge in [-0.2, -0.15) is 0 Å². The zero-order valence-corrected chi connectivity index (χ0v) is 19.9. The van der Waals surface area contributed by atoms with E-state index in [0.717, 1.165) is 29.5 Å². The predicted molar refractivity (Wildman–Crippen MR) is 131 cm³/mol. The van der Waals surface area contributed by atoms with Crippen molar-refractivity contribution in [3.05, 3.63) is 59.5 Å². The number of hydrogen-bond acceptors (Lipinski definition) is 3. The lowest BCUT2D eigenvalue weighted by atomic mass is 9.89. The van der Waals surface area contributed by atoms with Gasteiger partial charge < -0.3 is 10.3 Å². The van der Waals surface area contributed by atoms with E-state index < -0.39 is 10.0 Å². The summed E-state index contributed by atoms with van der Waals surface area (Å²) >= 11 is 0. The molecule has 2 N–H and O–H groups in total. The quantitative estimate of drug-likeness (QED) is 0.503. The van der Waals surface area contributed by atoms with Crippen molar-refractivity contribution in [2.24, 2.45) is 0 Å². The van der Waals surface area contributed by atoms with Crippen molar-refractivity contribution in [1.29, 1.82) is 0 Å². The van der Waals surface area contributed by atoms with Gasteiger partial charge in [0, 0.05) is 48.3 Å². The van der Waals surface area contributed by atoms with Gasteiger partial charge in [0.25, 0.3) is 0 Å². The number of hydrogen-bond donors (Lipinski definition) is 2. The third-order valence-electron chi connectivity index (χ3n) is 7.43. The number of sulfonamides is 1. The van der Waals surface area contributed by atoms with Gasteiger partial charge in [0.1, 0.15) is 5.82 Å². The highest BCUT2D eigenvalue weighted by atomic mass is 32.2. The monoisotopic (exact) mass is 469 g/mol. The molecule has 1 saturated heterocycles. The van der Waals surface area contributed by atoms with Gasteiger partial charge in [-0.1, -0.05) is 18.6 Å². The van der Waals surface area contributed by atoms with Gasteiger partial charge in [0.2, 0.25) is 10.0 Å². The second-order valence-electron chi connectivity index (χ2n) is 9.39. The lowest BCUT2D eigenvalue weighted by molar-refractivity contribution is 0.321. The first-order chi connectivity index (χ1) is 15.9. The van der Waals surface area contributed by atoms with Crippen molar-refractivity contribution in [1.82, 2.24) is 14.6 Å². The van der Waals surface area contributed by atoms with Crippen molar-refractivity contribution in [3.8, 4) is 11.1 Å². The Morgan fingerprint density at radius 1 is 1.06 bits per heavy atom. The van der Waals surface area contributed by atoms with Gasteiger partial charge in [-0.15, -0.1) is 0 Å². The third-order valence-corrected chi connectivity index (χ3v) is 9.31. The maximum absolute atomic E-state index is 14.4. The highest BCUT2D eigenvalue weighted by Crippen LogP contribution is 2.36. The predicted octanol–water partition coefficient (Wildman–Crippen LogP) is 5.15. The molecule has 5 rings (SSSR count). The van der Waals surface area contributed by atoms with E-state index in [4.69, 9.17) is 0 Å². The molecule has 2 aromatic carbocycles. The summed E-state index contributed by atoms with van der Waals surface area (Å²) < 4.78 is 40.5. The van der Waals surface area contributed by atoms with Crippen LogP contribution in [0.25, 0.3) is 22.0 Å². The molecule has 0 unspecified atom stereocenters. The Labute approximate surface area is 195 Å². The van der Waals surface area contributed by atoms with Gasteiger partial charge in [-0.3, -0.25) is 0 Å². The van der Waals surface area contributed by atoms with Crippen LogP contribution in [0.3, 0.4) is 0 Å². The van der Waals surface area contributed by atoms with Crippen molar-refractivity contribution in [3.63, 3.8) is 0 Å². The maximum atomic E-state index is 14.4. The molecule has 0 bridgehead atoms. The van der Waals surface area contributed by atoms with Crippen LogP contribution in [0.1, 0.15) is 56.1 Å². The number of fused-ring (bicyclic) bond motifs is 1. The molecule has 1 saturated carbocycles. The van der Waals surface area contributed by atoms with Crippen molar-refractivity contribution in [2.45, 2.75) is 57.5 Å². The fourth-order valence-electron chi connectivity index (χ4n) is 5.04. The Balaban J connectivity index is 1.38. The van der Waals surface area contributed by atoms with Crippen LogP contribution in [0.15, 0.2) is 42.6 Å². The van der Waals surface area contributed by atoms with Crippen LogP contribution in [0, 0.1) is 5.82 Å². The zero-order chi connectivity index (χ0) is 23.0. The Morgan fingerprint density at radius 3 is 2.48 bits per heavy atom. The summed E-state index contributed by atoms with van der Waals surface area (Å²) in [5, 5.41) is 4.63. The highest BCUT2D eigenvalue weighted by Gasteiger charge is 2.28. The molecule has 0 spiro atoms. The molecule has 1 aromatic heterocycles. The molecule has 2 heterocycles. The van der Waals surface area contributed by atoms with Crippen LogP contribution in [0.2, 0.25) is 0 Å². The number of piperidine rings is 1. The van der Waals surface area contributed by atoms with E-state index >= 15 is 0 Å². The van der Waals surface area contributed by atoms with Gasteiger partial charge in [-0.25, -0.2) is 17.1 Å². The fourth-order valence-corrected chi connectivity index (χ4v) is 6.18. The molecule has 2 aliphatic rings. The SMILES string of the molecule is CCS(=O)(=O)N1CCC(c2c[nH]c3ccc(-c4ccc(F)c(CNC5CCC5)c4)cc23)CC1. The molecule has 5 nitrogen and oxygen atoms in total. The van der Waals surface area contributed by atoms with Crippen LogP contribution < -0.4 is 5.32 Å². The van der Waals surface area contributed by atoms with Crippen molar-refractivity contribution >= 4 is 20.9 Å². The summed E-state index contributed by atoms with van der Waals surface area (Å²) in [6, 6.07) is 12.2. The first kappa shape index (κ1) is 22.6. The molecular formula is C26H32FN3O2S. The highest BCUT2D eigenvalue weighted by molar-refractivity contribution is 7.89. The largest absolute Gasteiger partial charge is 0.361 e. The summed E-state index contributed by atoms with van der Waals surface area (Å²) in [6.07, 6.45) is 7.33. The van der Waals surface area contributed by atoms with Gasteiger partial charge >= 0.3 is 0 Å². The summed E-state index contributed by atoms with van der Waals surface area (Å²) in [4.78, 5) is 3.38. The minimum absolute atomic E-state index is 0.157. The third kappa shape index (κ3) is 4.59. The Hall–Kier alpha value is -2.22. The molecule has 3 aromatic rings. The average Bonchev–Trinajstić information content (AvgIpc) is 3.22. The van der Waals surface area contributed by atoms with Gasteiger partial charge in [0.15, 0.2) is 0 Å². The summed E-state index contributed by atoms with van der Waals surface area (Å²) in [6.45, 7) is 3.40. The summed E-state index contributed by atoms with van der Waals surface area (Å²) in [7, 11) is -3.13. The van der Waals surface area contributed by atoms with Crippen molar-refractivity contribution < 1.29 is 12.8 Å². The second kappa shape index (κ2) is 9.20. The molecule has 1 aliphatic heterocycles. The van der Waals surface area contributed by atoms with E-state index in [9.17, 15) is 12.8 Å². The molecule has 0 amide bonds. The first-order valence-electron chi connectivity index (χ1n) is 12.1. The topological polar surface area (TPSA) is 65.2 Å². The molecule has 176 valence electrons. The van der Waals surface area contributed by atoms with Crippen LogP contribution >= 0.6 is 0 Å². The van der Waals surface area contributed by atoms with E-state index in [0.29, 0.717) is 37.2 Å². The number of aromatic nitrogens is 1. The molecule has 0 radical (unpaired) electrons. The molecular weight excluding hydrogens is 437 g/mol. The van der Waals surface area contributed by atoms with Crippen LogP contribution in [0.4, 0.5) is 4.39 Å². The molecule has 7 heteroatoms. The zero-order valence-electron chi connectivity index (χ0n) is 19.1. The average molecular weight is 470 g/mol. The summed E-state index contributed by atoms with van der Waals surface area (Å²) in [5.41, 5.74) is 5.11. The fraction of sp³-hybridized carbons (Fsp3) is 0.462. The van der Waals surface area contributed by atoms with E-state index in [-0.39, 0.29) is 11.6 Å². The minimum atomic E-state index is -3.13. The number of nitrogens with one attached hydrogen (secondary N) is 2. The van der Waals surface area contributed by atoms with Gasteiger partial charge in [-0.05, 0) is 79.5 Å². The lowest BCUT2D eigenvalue weighted by Crippen LogP contribution is -2.38. The molecule has 33 heavy (non-hydrogen) atoms. The number of rotatable bonds is 7. The Bertz CT molecular complexity index is 1240. The molecule has 2 fully saturated rings. The van der Waals surface area contributed by atoms with E-state index in [1.54, 1.807) is 17.3 Å². The number of benzene rings is 2. The normalized spacial score (nSPS) is 18.6. The van der Waals surface area contributed by atoms with Crippen LogP contribution in [-0.4, -0.2) is 42.6 Å². The summed E-state index contributed by atoms with van der Waals surface area (Å²) in [5.74, 6) is 0.319. The Kier molecular flexibility index (Phi) is 6.29. The van der Waals surface area contributed by atoms with E-state index in [2.05, 4.69) is 34.7 Å². The number of aromatic amines is 1. The maximum Gasteiger partial charge on any atom is 0.213 e. The Morgan fingerprint density at radius 2 is 1.79 bits per heavy atom. The molecule has 1 aliphatic carbocycles. The van der Waals surface area contributed by atoms with E-state index in [1.165, 1.54) is 30.2 Å². The first-order valence-corrected chi connectivity index (χ1v) is 13.7. The van der Waals surface area contributed by atoms with Gasteiger partial charge in [0.05, 0.1) is 5.75 Å². The second-order valence-corrected chi connectivity index (χ2v) is 11.7. The number of halogens is 1. The standard InChI is InChI=1S/C26H32FN3O2S/c1-2-33(31,32)30-12-10-18(11-13-30)24-17-29-26-9-7-20(15-23(24)26)19-6-8-25(27)21(14-19)16-28-22-4-3-5-22/h6-9,14-15,17-18,22,28-29H,2-5,10-13,16H2,1H3.